The van der Waals surface area contributed by atoms with Crippen molar-refractivity contribution in [2.75, 3.05) is 0 Å². The van der Waals surface area contributed by atoms with Gasteiger partial charge in [-0.3, -0.25) is 9.36 Å². The quantitative estimate of drug-likeness (QED) is 0.599. The molecule has 0 aliphatic carbocycles. The number of pyridine rings is 1. The first-order valence-corrected chi connectivity index (χ1v) is 8.17. The maximum Gasteiger partial charge on any atom is 0.261 e. The fourth-order valence-corrected chi connectivity index (χ4v) is 3.07. The Morgan fingerprint density at radius 1 is 1.21 bits per heavy atom. The van der Waals surface area contributed by atoms with Crippen molar-refractivity contribution in [3.63, 3.8) is 0 Å². The normalized spacial score (nSPS) is 16.3. The predicted octanol–water partition coefficient (Wildman–Crippen LogP) is 2.77. The average molecular weight is 315 g/mol. The van der Waals surface area contributed by atoms with Crippen LogP contribution in [0.15, 0.2) is 47.4 Å². The van der Waals surface area contributed by atoms with E-state index in [0.29, 0.717) is 11.3 Å². The molecule has 1 aromatic carbocycles. The second-order valence-electron chi connectivity index (χ2n) is 6.28. The van der Waals surface area contributed by atoms with Crippen LogP contribution in [-0.4, -0.2) is 14.5 Å². The molecule has 4 heteroatoms. The molecule has 0 bridgehead atoms. The Labute approximate surface area is 140 Å². The predicted molar refractivity (Wildman–Crippen MR) is 93.7 cm³/mol. The third-order valence-electron chi connectivity index (χ3n) is 4.41. The van der Waals surface area contributed by atoms with Gasteiger partial charge in [-0.2, -0.15) is 0 Å². The molecule has 1 aliphatic rings. The molecule has 4 rings (SSSR count). The Kier molecular flexibility index (Phi) is 3.62. The van der Waals surface area contributed by atoms with Gasteiger partial charge in [-0.25, -0.2) is 9.97 Å². The molecule has 3 heterocycles. The van der Waals surface area contributed by atoms with Gasteiger partial charge in [0.15, 0.2) is 0 Å². The van der Waals surface area contributed by atoms with Crippen molar-refractivity contribution in [1.82, 2.24) is 14.5 Å². The van der Waals surface area contributed by atoms with Crippen LogP contribution in [0.2, 0.25) is 0 Å². The van der Waals surface area contributed by atoms with Crippen LogP contribution >= 0.6 is 0 Å². The summed E-state index contributed by atoms with van der Waals surface area (Å²) in [5, 5.41) is 0.664. The van der Waals surface area contributed by atoms with E-state index in [1.807, 2.05) is 41.0 Å². The summed E-state index contributed by atoms with van der Waals surface area (Å²) in [6, 6.07) is 11.2. The van der Waals surface area contributed by atoms with Gasteiger partial charge < -0.3 is 0 Å². The molecule has 0 amide bonds. The van der Waals surface area contributed by atoms with Crippen LogP contribution in [0, 0.1) is 17.8 Å². The summed E-state index contributed by atoms with van der Waals surface area (Å²) in [5.41, 5.74) is 2.36. The van der Waals surface area contributed by atoms with Gasteiger partial charge in [0.2, 0.25) is 0 Å². The van der Waals surface area contributed by atoms with Gasteiger partial charge in [-0.1, -0.05) is 18.9 Å². The van der Waals surface area contributed by atoms with Gasteiger partial charge in [0.1, 0.15) is 11.5 Å². The van der Waals surface area contributed by atoms with Crippen molar-refractivity contribution in [3.05, 3.63) is 70.0 Å². The maximum absolute atomic E-state index is 12.6. The third kappa shape index (κ3) is 2.69. The SMILES string of the molecule is CC1CCn2c(nc3cc(C#Cc4ccccn4)ccc3c2=O)C1. The Hall–Kier alpha value is -2.93. The zero-order valence-corrected chi connectivity index (χ0v) is 13.5. The topological polar surface area (TPSA) is 47.8 Å². The zero-order valence-electron chi connectivity index (χ0n) is 13.5. The molecule has 1 unspecified atom stereocenters. The van der Waals surface area contributed by atoms with Crippen LogP contribution in [0.4, 0.5) is 0 Å². The molecule has 24 heavy (non-hydrogen) atoms. The van der Waals surface area contributed by atoms with Crippen molar-refractivity contribution < 1.29 is 0 Å². The van der Waals surface area contributed by atoms with Crippen LogP contribution in [0.1, 0.15) is 30.4 Å². The number of aromatic nitrogens is 3. The van der Waals surface area contributed by atoms with Crippen molar-refractivity contribution >= 4 is 10.9 Å². The summed E-state index contributed by atoms with van der Waals surface area (Å²) in [4.78, 5) is 21.6. The van der Waals surface area contributed by atoms with E-state index in [0.717, 1.165) is 42.0 Å². The lowest BCUT2D eigenvalue weighted by Gasteiger charge is -2.22. The minimum atomic E-state index is 0.0612. The van der Waals surface area contributed by atoms with Crippen molar-refractivity contribution in [1.29, 1.82) is 0 Å². The van der Waals surface area contributed by atoms with Crippen LogP contribution < -0.4 is 5.56 Å². The fourth-order valence-electron chi connectivity index (χ4n) is 3.07. The monoisotopic (exact) mass is 315 g/mol. The highest BCUT2D eigenvalue weighted by Crippen LogP contribution is 2.19. The van der Waals surface area contributed by atoms with E-state index in [4.69, 9.17) is 4.98 Å². The van der Waals surface area contributed by atoms with E-state index in [-0.39, 0.29) is 5.56 Å². The number of rotatable bonds is 0. The molecule has 118 valence electrons. The zero-order chi connectivity index (χ0) is 16.5. The molecule has 3 aromatic rings. The minimum absolute atomic E-state index is 0.0612. The summed E-state index contributed by atoms with van der Waals surface area (Å²) < 4.78 is 1.82. The highest BCUT2D eigenvalue weighted by molar-refractivity contribution is 5.79. The van der Waals surface area contributed by atoms with Crippen LogP contribution in [0.5, 0.6) is 0 Å². The lowest BCUT2D eigenvalue weighted by atomic mass is 9.99. The Morgan fingerprint density at radius 3 is 2.96 bits per heavy atom. The van der Waals surface area contributed by atoms with E-state index in [1.165, 1.54) is 0 Å². The van der Waals surface area contributed by atoms with E-state index in [2.05, 4.69) is 23.7 Å². The fraction of sp³-hybridized carbons (Fsp3) is 0.250. The van der Waals surface area contributed by atoms with Gasteiger partial charge in [-0.05, 0) is 48.6 Å². The first-order chi connectivity index (χ1) is 11.7. The number of benzene rings is 1. The molecule has 1 aliphatic heterocycles. The summed E-state index contributed by atoms with van der Waals surface area (Å²) in [6.45, 7) is 2.97. The first-order valence-electron chi connectivity index (χ1n) is 8.17. The third-order valence-corrected chi connectivity index (χ3v) is 4.41. The van der Waals surface area contributed by atoms with Gasteiger partial charge >= 0.3 is 0 Å². The van der Waals surface area contributed by atoms with Crippen LogP contribution in [0.3, 0.4) is 0 Å². The van der Waals surface area contributed by atoms with Gasteiger partial charge in [0.05, 0.1) is 10.9 Å². The largest absolute Gasteiger partial charge is 0.296 e. The molecule has 1 atom stereocenters. The van der Waals surface area contributed by atoms with Crippen molar-refractivity contribution in [2.24, 2.45) is 5.92 Å². The summed E-state index contributed by atoms with van der Waals surface area (Å²) in [6.07, 6.45) is 3.61. The molecular weight excluding hydrogens is 298 g/mol. The molecule has 0 spiro atoms. The van der Waals surface area contributed by atoms with E-state index in [1.54, 1.807) is 6.20 Å². The summed E-state index contributed by atoms with van der Waals surface area (Å²) in [7, 11) is 0. The Bertz CT molecular complexity index is 1030. The number of fused-ring (bicyclic) bond motifs is 2. The number of nitrogens with zero attached hydrogens (tertiary/aromatic N) is 3. The van der Waals surface area contributed by atoms with Gasteiger partial charge in [-0.15, -0.1) is 0 Å². The van der Waals surface area contributed by atoms with Gasteiger partial charge in [0.25, 0.3) is 5.56 Å². The van der Waals surface area contributed by atoms with E-state index < -0.39 is 0 Å². The minimum Gasteiger partial charge on any atom is -0.296 e. The molecule has 0 N–H and O–H groups in total. The lowest BCUT2D eigenvalue weighted by molar-refractivity contribution is 0.397. The molecule has 4 nitrogen and oxygen atoms in total. The van der Waals surface area contributed by atoms with Crippen LogP contribution in [-0.2, 0) is 13.0 Å². The second-order valence-corrected chi connectivity index (χ2v) is 6.28. The van der Waals surface area contributed by atoms with Crippen molar-refractivity contribution in [3.8, 4) is 11.8 Å². The highest BCUT2D eigenvalue weighted by atomic mass is 16.1. The number of hydrogen-bond donors (Lipinski definition) is 0. The lowest BCUT2D eigenvalue weighted by Crippen LogP contribution is -2.31. The smallest absolute Gasteiger partial charge is 0.261 e. The molecule has 0 saturated carbocycles. The standard InChI is InChI=1S/C20H17N3O/c1-14-9-11-23-19(12-14)22-18-13-15(6-8-17(18)20(23)24)5-7-16-4-2-3-10-21-16/h2-4,6,8,10,13-14H,9,11-12H2,1H3. The Balaban J connectivity index is 1.79. The van der Waals surface area contributed by atoms with E-state index >= 15 is 0 Å². The molecule has 0 saturated heterocycles. The summed E-state index contributed by atoms with van der Waals surface area (Å²) in [5.74, 6) is 7.60. The molecule has 0 radical (unpaired) electrons. The maximum atomic E-state index is 12.6. The first kappa shape index (κ1) is 14.6. The second kappa shape index (κ2) is 5.93. The molecule has 2 aromatic heterocycles. The summed E-state index contributed by atoms with van der Waals surface area (Å²) >= 11 is 0. The molecular formula is C20H17N3O. The van der Waals surface area contributed by atoms with Crippen molar-refractivity contribution in [2.45, 2.75) is 26.3 Å². The van der Waals surface area contributed by atoms with Gasteiger partial charge in [0, 0.05) is 24.7 Å². The highest BCUT2D eigenvalue weighted by Gasteiger charge is 2.18. The molecule has 0 fully saturated rings. The number of hydrogen-bond acceptors (Lipinski definition) is 3. The van der Waals surface area contributed by atoms with Crippen LogP contribution in [0.25, 0.3) is 10.9 Å². The Morgan fingerprint density at radius 2 is 2.12 bits per heavy atom. The average Bonchev–Trinajstić information content (AvgIpc) is 2.60. The van der Waals surface area contributed by atoms with E-state index in [9.17, 15) is 4.79 Å².